The molecule has 0 bridgehead atoms. The molecule has 7 amide bonds. The Morgan fingerprint density at radius 3 is 2.25 bits per heavy atom. The summed E-state index contributed by atoms with van der Waals surface area (Å²) in [5.41, 5.74) is 15.8. The van der Waals surface area contributed by atoms with Gasteiger partial charge in [0.05, 0.1) is 6.04 Å². The minimum Gasteiger partial charge on any atom is -0.370 e. The van der Waals surface area contributed by atoms with Gasteiger partial charge in [0.15, 0.2) is 0 Å². The van der Waals surface area contributed by atoms with Crippen molar-refractivity contribution in [2.45, 2.75) is 95.0 Å². The van der Waals surface area contributed by atoms with Gasteiger partial charge in [-0.3, -0.25) is 39.0 Å². The quantitative estimate of drug-likeness (QED) is 0.0388. The van der Waals surface area contributed by atoms with Crippen LogP contribution in [0.25, 0.3) is 10.9 Å². The van der Waals surface area contributed by atoms with E-state index in [1.54, 1.807) is 18.3 Å². The molecule has 1 aliphatic rings. The number of likely N-dealkylation sites (tertiary alicyclic amines) is 1. The first kappa shape index (κ1) is 46.2. The minimum atomic E-state index is -1.18. The van der Waals surface area contributed by atoms with Crippen molar-refractivity contribution in [1.29, 1.82) is 0 Å². The largest absolute Gasteiger partial charge is 0.370 e. The third-order valence-electron chi connectivity index (χ3n) is 10.5. The summed E-state index contributed by atoms with van der Waals surface area (Å²) in [6, 6.07) is 10.3. The minimum absolute atomic E-state index is 0.00508. The molecule has 1 aromatic heterocycles. The average molecular weight is 835 g/mol. The second-order valence-corrected chi connectivity index (χ2v) is 16.3. The lowest BCUT2D eigenvalue weighted by molar-refractivity contribution is -0.143. The van der Waals surface area contributed by atoms with Gasteiger partial charge in [-0.15, -0.1) is 0 Å². The van der Waals surface area contributed by atoms with Crippen LogP contribution in [0.15, 0.2) is 60.8 Å². The number of aromatic nitrogens is 1. The molecule has 1 saturated heterocycles. The summed E-state index contributed by atoms with van der Waals surface area (Å²) in [6.45, 7) is 4.00. The molecule has 4 rings (SSSR count). The van der Waals surface area contributed by atoms with Crippen LogP contribution < -0.4 is 38.7 Å². The number of likely N-dealkylation sites (N-methyl/N-ethyl adjacent to an activating group) is 1. The number of nitrogens with two attached hydrogens (primary N) is 3. The molecule has 59 heavy (non-hydrogen) atoms. The summed E-state index contributed by atoms with van der Waals surface area (Å²) in [6.07, 6.45) is 4.43. The van der Waals surface area contributed by atoms with Gasteiger partial charge in [-0.05, 0) is 60.8 Å². The van der Waals surface area contributed by atoms with E-state index < -0.39 is 77.6 Å². The fourth-order valence-electron chi connectivity index (χ4n) is 7.18. The number of hydrazine groups is 1. The van der Waals surface area contributed by atoms with Crippen molar-refractivity contribution in [3.8, 4) is 0 Å². The van der Waals surface area contributed by atoms with Crippen molar-refractivity contribution in [2.75, 3.05) is 25.6 Å². The van der Waals surface area contributed by atoms with E-state index in [-0.39, 0.29) is 44.6 Å². The zero-order chi connectivity index (χ0) is 43.2. The van der Waals surface area contributed by atoms with E-state index in [0.717, 1.165) is 22.0 Å². The Kier molecular flexibility index (Phi) is 17.3. The first-order chi connectivity index (χ1) is 28.1. The molecule has 6 atom stereocenters. The molecule has 1 fully saturated rings. The monoisotopic (exact) mass is 834 g/mol. The Bertz CT molecular complexity index is 1940. The van der Waals surface area contributed by atoms with Crippen molar-refractivity contribution in [3.05, 3.63) is 71.9 Å². The molecule has 0 spiro atoms. The van der Waals surface area contributed by atoms with Crippen LogP contribution in [0, 0.1) is 5.92 Å². The van der Waals surface area contributed by atoms with Crippen molar-refractivity contribution in [3.63, 3.8) is 0 Å². The predicted molar refractivity (Wildman–Crippen MR) is 226 cm³/mol. The molecule has 0 radical (unpaired) electrons. The number of nitrogens with one attached hydrogen (secondary N) is 5. The second kappa shape index (κ2) is 22.1. The number of thioether (sulfide) groups is 1. The van der Waals surface area contributed by atoms with Gasteiger partial charge in [0, 0.05) is 50.0 Å². The molecule has 17 nitrogen and oxygen atoms in total. The topological polar surface area (TPSA) is 268 Å². The highest BCUT2D eigenvalue weighted by molar-refractivity contribution is 7.98. The third-order valence-corrected chi connectivity index (χ3v) is 11.1. The summed E-state index contributed by atoms with van der Waals surface area (Å²) in [7, 11) is 1.47. The highest BCUT2D eigenvalue weighted by Gasteiger charge is 2.42. The van der Waals surface area contributed by atoms with Crippen molar-refractivity contribution >= 4 is 64.0 Å². The molecule has 0 saturated carbocycles. The van der Waals surface area contributed by atoms with E-state index in [1.807, 2.05) is 62.6 Å². The number of rotatable bonds is 22. The van der Waals surface area contributed by atoms with Gasteiger partial charge in [-0.2, -0.15) is 11.8 Å². The summed E-state index contributed by atoms with van der Waals surface area (Å²) in [5.74, 6) is 1.98. The lowest BCUT2D eigenvalue weighted by atomic mass is 9.99. The van der Waals surface area contributed by atoms with Crippen LogP contribution in [-0.2, 0) is 46.4 Å². The Labute approximate surface area is 348 Å². The molecule has 1 aliphatic heterocycles. The van der Waals surface area contributed by atoms with Crippen LogP contribution >= 0.6 is 11.8 Å². The van der Waals surface area contributed by atoms with Crippen LogP contribution in [0.3, 0.4) is 0 Å². The number of aromatic amines is 1. The maximum Gasteiger partial charge on any atom is 0.256 e. The standard InChI is InChI=1S/C41H58N10O7S/c1-24(2)20-34(39(56)46-30(17-19-59-4)37(54)49-44)51-18-16-31(41(51)58)47-38(55)33(21-25-10-6-5-7-11-25)50(3)40(57)32(48-36(53)28(42)14-15-35(43)52)22-26-23-45-29-13-9-8-12-27(26)29/h5-13,23-24,28,30-34,45H,14-22,42,44H2,1-4H3,(H2,43,52)(H,46,56)(H,47,55)(H,48,53)(H,49,54)/t28-,30-,31+,32+,33-,34-/m0/s1. The number of para-hydroxylation sites is 1. The smallest absolute Gasteiger partial charge is 0.256 e. The van der Waals surface area contributed by atoms with E-state index in [2.05, 4.69) is 26.4 Å². The maximum atomic E-state index is 14.6. The molecule has 0 unspecified atom stereocenters. The SMILES string of the molecule is CSCC[C@H](NC(=O)[C@H](CC(C)C)N1CC[C@@H](NC(=O)[C@H](Cc2ccccc2)N(C)C(=O)[C@@H](Cc2c[nH]c3ccccc23)NC(=O)[C@@H](N)CCC(N)=O)C1=O)C(=O)NN. The van der Waals surface area contributed by atoms with Crippen LogP contribution in [0.2, 0.25) is 0 Å². The zero-order valence-electron chi connectivity index (χ0n) is 34.1. The van der Waals surface area contributed by atoms with E-state index in [4.69, 9.17) is 17.3 Å². The molecule has 0 aliphatic carbocycles. The lowest BCUT2D eigenvalue weighted by Crippen LogP contribution is -2.59. The van der Waals surface area contributed by atoms with Gasteiger partial charge in [-0.25, -0.2) is 5.84 Å². The summed E-state index contributed by atoms with van der Waals surface area (Å²) in [5, 5.41) is 9.23. The molecule has 320 valence electrons. The van der Waals surface area contributed by atoms with Crippen LogP contribution in [0.5, 0.6) is 0 Å². The molecule has 2 aromatic carbocycles. The highest BCUT2D eigenvalue weighted by atomic mass is 32.2. The second-order valence-electron chi connectivity index (χ2n) is 15.3. The fraction of sp³-hybridized carbons (Fsp3) is 0.488. The summed E-state index contributed by atoms with van der Waals surface area (Å²) >= 11 is 1.51. The Hall–Kier alpha value is -5.46. The van der Waals surface area contributed by atoms with Gasteiger partial charge in [-0.1, -0.05) is 62.4 Å². The van der Waals surface area contributed by atoms with E-state index in [0.29, 0.717) is 18.6 Å². The van der Waals surface area contributed by atoms with E-state index in [9.17, 15) is 33.6 Å². The van der Waals surface area contributed by atoms with Gasteiger partial charge in [0.25, 0.3) is 5.91 Å². The number of benzene rings is 2. The number of primary amides is 1. The zero-order valence-corrected chi connectivity index (χ0v) is 34.9. The highest BCUT2D eigenvalue weighted by Crippen LogP contribution is 2.23. The number of fused-ring (bicyclic) bond motifs is 1. The van der Waals surface area contributed by atoms with Crippen molar-refractivity contribution in [2.24, 2.45) is 23.2 Å². The van der Waals surface area contributed by atoms with Gasteiger partial charge in [0.1, 0.15) is 30.2 Å². The first-order valence-corrected chi connectivity index (χ1v) is 21.1. The Balaban J connectivity index is 1.59. The predicted octanol–water partition coefficient (Wildman–Crippen LogP) is 0.217. The summed E-state index contributed by atoms with van der Waals surface area (Å²) < 4.78 is 0. The Morgan fingerprint density at radius 1 is 0.915 bits per heavy atom. The van der Waals surface area contributed by atoms with E-state index >= 15 is 0 Å². The number of hydrogen-bond acceptors (Lipinski definition) is 10. The van der Waals surface area contributed by atoms with Crippen LogP contribution in [0.1, 0.15) is 57.1 Å². The molecular formula is C41H58N10O7S. The number of nitrogens with zero attached hydrogens (tertiary/aromatic N) is 2. The van der Waals surface area contributed by atoms with Crippen LogP contribution in [-0.4, -0.2) is 118 Å². The molecular weight excluding hydrogens is 777 g/mol. The number of carbonyl (C=O) groups excluding carboxylic acids is 7. The van der Waals surface area contributed by atoms with Gasteiger partial charge in [0.2, 0.25) is 35.4 Å². The molecule has 11 N–H and O–H groups in total. The average Bonchev–Trinajstić information content (AvgIpc) is 3.80. The Morgan fingerprint density at radius 2 is 1.59 bits per heavy atom. The number of amides is 7. The third kappa shape index (κ3) is 12.8. The van der Waals surface area contributed by atoms with Gasteiger partial charge < -0.3 is 42.2 Å². The summed E-state index contributed by atoms with van der Waals surface area (Å²) in [4.78, 5) is 99.8. The lowest BCUT2D eigenvalue weighted by Gasteiger charge is -2.32. The van der Waals surface area contributed by atoms with Crippen molar-refractivity contribution < 1.29 is 33.6 Å². The number of hydrogen-bond donors (Lipinski definition) is 8. The number of carbonyl (C=O) groups is 7. The van der Waals surface area contributed by atoms with Crippen LogP contribution in [0.4, 0.5) is 0 Å². The number of H-pyrrole nitrogens is 1. The van der Waals surface area contributed by atoms with E-state index in [1.165, 1.54) is 28.6 Å². The maximum absolute atomic E-state index is 14.6. The molecule has 3 aromatic rings. The van der Waals surface area contributed by atoms with Crippen molar-refractivity contribution in [1.82, 2.24) is 36.2 Å². The first-order valence-electron chi connectivity index (χ1n) is 19.8. The normalized spacial score (nSPS) is 16.5. The molecule has 2 heterocycles. The van der Waals surface area contributed by atoms with Gasteiger partial charge >= 0.3 is 0 Å². The molecule has 18 heteroatoms. The fourth-order valence-corrected chi connectivity index (χ4v) is 7.65.